The molecule has 0 aliphatic heterocycles. The Balaban J connectivity index is 2.32. The summed E-state index contributed by atoms with van der Waals surface area (Å²) in [6.07, 6.45) is -9.02. The van der Waals surface area contributed by atoms with Crippen molar-refractivity contribution in [3.05, 3.63) is 65.2 Å². The molecular formula is C16H13F6N2+. The van der Waals surface area contributed by atoms with Gasteiger partial charge in [-0.2, -0.15) is 26.3 Å². The van der Waals surface area contributed by atoms with Crippen molar-refractivity contribution in [2.45, 2.75) is 12.4 Å². The third-order valence-corrected chi connectivity index (χ3v) is 3.19. The number of nitrogens with one attached hydrogen (secondary N) is 2. The number of hydrogen-bond acceptors (Lipinski definition) is 0. The minimum absolute atomic E-state index is 0.103. The smallest absolute Gasteiger partial charge is 0.277 e. The van der Waals surface area contributed by atoms with Crippen molar-refractivity contribution < 1.29 is 31.3 Å². The van der Waals surface area contributed by atoms with E-state index in [2.05, 4.69) is 10.3 Å². The average Bonchev–Trinajstić information content (AvgIpc) is 2.51. The maximum absolute atomic E-state index is 12.8. The molecule has 8 heteroatoms. The molecule has 24 heavy (non-hydrogen) atoms. The standard InChI is InChI=1S/C16H12F6N2/c1-23-14(10-4-2-5-11(8-10)15(17,18)19)24-13-7-3-6-12(9-13)16(20,21)22/h2-9H,1H3,(H,23,24)/p+1. The van der Waals surface area contributed by atoms with E-state index in [9.17, 15) is 26.3 Å². The SMILES string of the molecule is C[NH+]=C(Nc1cccc(C(F)(F)F)c1)c1cccc(C(F)(F)F)c1. The summed E-state index contributed by atoms with van der Waals surface area (Å²) in [6, 6.07) is 8.86. The zero-order valence-electron chi connectivity index (χ0n) is 12.4. The van der Waals surface area contributed by atoms with Crippen LogP contribution in [0.4, 0.5) is 32.0 Å². The summed E-state index contributed by atoms with van der Waals surface area (Å²) in [7, 11) is 1.45. The normalized spacial score (nSPS) is 13.0. The molecule has 128 valence electrons. The van der Waals surface area contributed by atoms with Gasteiger partial charge in [0.1, 0.15) is 5.69 Å². The highest BCUT2D eigenvalue weighted by Gasteiger charge is 2.32. The Morgan fingerprint density at radius 2 is 1.38 bits per heavy atom. The fourth-order valence-electron chi connectivity index (χ4n) is 2.05. The van der Waals surface area contributed by atoms with E-state index >= 15 is 0 Å². The molecule has 2 nitrogen and oxygen atoms in total. The Kier molecular flexibility index (Phi) is 4.86. The summed E-state index contributed by atoms with van der Waals surface area (Å²) >= 11 is 0. The summed E-state index contributed by atoms with van der Waals surface area (Å²) < 4.78 is 76.5. The van der Waals surface area contributed by atoms with E-state index in [4.69, 9.17) is 0 Å². The predicted octanol–water partition coefficient (Wildman–Crippen LogP) is 3.29. The number of benzene rings is 2. The van der Waals surface area contributed by atoms with Gasteiger partial charge in [0.25, 0.3) is 5.84 Å². The monoisotopic (exact) mass is 347 g/mol. The van der Waals surface area contributed by atoms with Crippen LogP contribution in [-0.2, 0) is 12.4 Å². The number of alkyl halides is 6. The second-order valence-electron chi connectivity index (χ2n) is 4.91. The molecule has 0 amide bonds. The number of hydrogen-bond donors (Lipinski definition) is 2. The maximum Gasteiger partial charge on any atom is 0.416 e. The molecule has 2 rings (SSSR count). The second-order valence-corrected chi connectivity index (χ2v) is 4.91. The quantitative estimate of drug-likeness (QED) is 0.487. The molecule has 0 atom stereocenters. The van der Waals surface area contributed by atoms with Gasteiger partial charge >= 0.3 is 12.4 Å². The topological polar surface area (TPSA) is 26.0 Å². The highest BCUT2D eigenvalue weighted by Crippen LogP contribution is 2.31. The number of amidine groups is 1. The van der Waals surface area contributed by atoms with Gasteiger partial charge in [-0.3, -0.25) is 4.99 Å². The first-order valence-electron chi connectivity index (χ1n) is 6.78. The minimum Gasteiger partial charge on any atom is -0.277 e. The van der Waals surface area contributed by atoms with Crippen LogP contribution in [0.2, 0.25) is 0 Å². The molecule has 0 saturated heterocycles. The van der Waals surface area contributed by atoms with E-state index in [1.807, 2.05) is 0 Å². The van der Waals surface area contributed by atoms with Crippen molar-refractivity contribution in [1.82, 2.24) is 0 Å². The molecule has 0 aromatic heterocycles. The van der Waals surface area contributed by atoms with Crippen molar-refractivity contribution in [3.63, 3.8) is 0 Å². The molecule has 0 aliphatic carbocycles. The molecular weight excluding hydrogens is 334 g/mol. The van der Waals surface area contributed by atoms with Crippen LogP contribution in [0.1, 0.15) is 16.7 Å². The van der Waals surface area contributed by atoms with Gasteiger partial charge in [-0.25, -0.2) is 5.32 Å². The molecule has 2 aromatic rings. The average molecular weight is 347 g/mol. The van der Waals surface area contributed by atoms with Crippen molar-refractivity contribution in [3.8, 4) is 0 Å². The Morgan fingerprint density at radius 1 is 0.833 bits per heavy atom. The Morgan fingerprint density at radius 3 is 1.92 bits per heavy atom. The van der Waals surface area contributed by atoms with Crippen LogP contribution in [-0.4, -0.2) is 12.9 Å². The molecule has 2 N–H and O–H groups in total. The molecule has 0 heterocycles. The predicted molar refractivity (Wildman–Crippen MR) is 77.5 cm³/mol. The molecule has 0 spiro atoms. The van der Waals surface area contributed by atoms with E-state index in [-0.39, 0.29) is 17.1 Å². The van der Waals surface area contributed by atoms with Crippen LogP contribution in [0.15, 0.2) is 48.5 Å². The minimum atomic E-state index is -4.51. The van der Waals surface area contributed by atoms with E-state index in [1.54, 1.807) is 0 Å². The number of anilines is 1. The Bertz CT molecular complexity index is 747. The first kappa shape index (κ1) is 17.8. The van der Waals surface area contributed by atoms with Crippen LogP contribution in [0.25, 0.3) is 0 Å². The van der Waals surface area contributed by atoms with Crippen LogP contribution >= 0.6 is 0 Å². The highest BCUT2D eigenvalue weighted by atomic mass is 19.4. The summed E-state index contributed by atoms with van der Waals surface area (Å²) in [5, 5.41) is 2.67. The van der Waals surface area contributed by atoms with Crippen molar-refractivity contribution in [2.75, 3.05) is 12.4 Å². The summed E-state index contributed by atoms with van der Waals surface area (Å²) in [6.45, 7) is 0. The molecule has 0 saturated carbocycles. The van der Waals surface area contributed by atoms with Crippen molar-refractivity contribution in [1.29, 1.82) is 0 Å². The second kappa shape index (κ2) is 6.54. The van der Waals surface area contributed by atoms with E-state index in [0.29, 0.717) is 0 Å². The van der Waals surface area contributed by atoms with Crippen molar-refractivity contribution in [2.24, 2.45) is 0 Å². The van der Waals surface area contributed by atoms with Gasteiger partial charge in [0, 0.05) is 0 Å². The van der Waals surface area contributed by atoms with Gasteiger partial charge in [0.2, 0.25) is 0 Å². The first-order chi connectivity index (χ1) is 11.1. The number of rotatable bonds is 2. The lowest BCUT2D eigenvalue weighted by Gasteiger charge is -2.10. The van der Waals surface area contributed by atoms with Crippen LogP contribution in [0, 0.1) is 0 Å². The number of halogens is 6. The Labute approximate surface area is 133 Å². The molecule has 0 fully saturated rings. The third-order valence-electron chi connectivity index (χ3n) is 3.19. The first-order valence-corrected chi connectivity index (χ1v) is 6.78. The summed E-state index contributed by atoms with van der Waals surface area (Å²) in [4.78, 5) is 2.66. The van der Waals surface area contributed by atoms with Crippen LogP contribution in [0.3, 0.4) is 0 Å². The third kappa shape index (κ3) is 4.27. The lowest BCUT2D eigenvalue weighted by Crippen LogP contribution is -2.70. The molecule has 0 aliphatic rings. The summed E-state index contributed by atoms with van der Waals surface area (Å²) in [5.41, 5.74) is -1.43. The lowest BCUT2D eigenvalue weighted by atomic mass is 10.1. The molecule has 0 unspecified atom stereocenters. The van der Waals surface area contributed by atoms with Crippen LogP contribution < -0.4 is 10.3 Å². The maximum atomic E-state index is 12.8. The fourth-order valence-corrected chi connectivity index (χ4v) is 2.05. The van der Waals surface area contributed by atoms with Gasteiger partial charge in [-0.05, 0) is 36.4 Å². The van der Waals surface area contributed by atoms with Gasteiger partial charge in [0.15, 0.2) is 0 Å². The van der Waals surface area contributed by atoms with Gasteiger partial charge in [-0.15, -0.1) is 0 Å². The highest BCUT2D eigenvalue weighted by molar-refractivity contribution is 6.04. The fraction of sp³-hybridized carbons (Fsp3) is 0.188. The molecule has 0 bridgehead atoms. The van der Waals surface area contributed by atoms with Crippen LogP contribution in [0.5, 0.6) is 0 Å². The molecule has 2 aromatic carbocycles. The van der Waals surface area contributed by atoms with E-state index < -0.39 is 23.5 Å². The van der Waals surface area contributed by atoms with Gasteiger partial charge in [-0.1, -0.05) is 12.1 Å². The lowest BCUT2D eigenvalue weighted by molar-refractivity contribution is -0.419. The summed E-state index contributed by atoms with van der Waals surface area (Å²) in [5.74, 6) is 0.153. The van der Waals surface area contributed by atoms with E-state index in [1.165, 1.54) is 31.3 Å². The van der Waals surface area contributed by atoms with Gasteiger partial charge < -0.3 is 0 Å². The largest absolute Gasteiger partial charge is 0.416 e. The molecule has 0 radical (unpaired) electrons. The zero-order valence-corrected chi connectivity index (χ0v) is 12.4. The van der Waals surface area contributed by atoms with Gasteiger partial charge in [0.05, 0.1) is 23.7 Å². The van der Waals surface area contributed by atoms with E-state index in [0.717, 1.165) is 24.3 Å². The Hall–Kier alpha value is -2.51. The zero-order chi connectivity index (χ0) is 18.0. The van der Waals surface area contributed by atoms with Crippen molar-refractivity contribution >= 4 is 11.5 Å².